The molecular weight excluding hydrogens is 597 g/mol. The summed E-state index contributed by atoms with van der Waals surface area (Å²) in [7, 11) is 0. The molecule has 4 nitrogen and oxygen atoms in total. The minimum absolute atomic E-state index is 0.452. The predicted molar refractivity (Wildman–Crippen MR) is 197 cm³/mol. The van der Waals surface area contributed by atoms with Crippen LogP contribution in [0, 0.1) is 0 Å². The van der Waals surface area contributed by atoms with Gasteiger partial charge in [0.2, 0.25) is 0 Å². The third-order valence-electron chi connectivity index (χ3n) is 9.58. The molecule has 0 spiro atoms. The Morgan fingerprint density at radius 2 is 0.918 bits per heavy atom. The van der Waals surface area contributed by atoms with Crippen molar-refractivity contribution in [3.8, 4) is 56.2 Å². The standard InChI is InChI=1S/C45H30N4/c1-3-13-36(14-4-1)45(37-15-5-2-6-16-37)40-18-8-7-17-38(40)39-27-33(23-24-41(39)45)44-48-42(28-43(49-44)35-12-10-26-47-30-35)32-21-19-31(20-22-32)34-11-9-25-46-29-34/h1-30H. The van der Waals surface area contributed by atoms with Crippen LogP contribution in [0.1, 0.15) is 22.3 Å². The van der Waals surface area contributed by atoms with E-state index in [0.29, 0.717) is 5.82 Å². The fourth-order valence-corrected chi connectivity index (χ4v) is 7.34. The Morgan fingerprint density at radius 3 is 1.57 bits per heavy atom. The number of hydrogen-bond acceptors (Lipinski definition) is 4. The molecule has 8 aromatic rings. The first-order chi connectivity index (χ1) is 24.3. The zero-order chi connectivity index (χ0) is 32.6. The fraction of sp³-hybridized carbons (Fsp3) is 0.0222. The number of rotatable bonds is 6. The topological polar surface area (TPSA) is 51.6 Å². The van der Waals surface area contributed by atoms with Crippen LogP contribution in [-0.4, -0.2) is 19.9 Å². The van der Waals surface area contributed by atoms with Crippen LogP contribution in [0.3, 0.4) is 0 Å². The lowest BCUT2D eigenvalue weighted by Gasteiger charge is -2.33. The maximum Gasteiger partial charge on any atom is 0.160 e. The monoisotopic (exact) mass is 626 g/mol. The summed E-state index contributed by atoms with van der Waals surface area (Å²) >= 11 is 0. The highest BCUT2D eigenvalue weighted by atomic mass is 14.9. The Morgan fingerprint density at radius 1 is 0.367 bits per heavy atom. The van der Waals surface area contributed by atoms with Gasteiger partial charge in [-0.3, -0.25) is 9.97 Å². The molecule has 230 valence electrons. The molecule has 0 N–H and O–H groups in total. The van der Waals surface area contributed by atoms with Gasteiger partial charge in [-0.25, -0.2) is 9.97 Å². The summed E-state index contributed by atoms with van der Waals surface area (Å²) in [4.78, 5) is 19.0. The number of hydrogen-bond donors (Lipinski definition) is 0. The second kappa shape index (κ2) is 11.9. The van der Waals surface area contributed by atoms with E-state index in [1.54, 1.807) is 12.4 Å². The number of fused-ring (bicyclic) bond motifs is 3. The van der Waals surface area contributed by atoms with E-state index < -0.39 is 5.41 Å². The maximum atomic E-state index is 5.19. The van der Waals surface area contributed by atoms with E-state index in [0.717, 1.165) is 39.2 Å². The van der Waals surface area contributed by atoms with Crippen LogP contribution >= 0.6 is 0 Å². The van der Waals surface area contributed by atoms with Gasteiger partial charge in [0.15, 0.2) is 5.82 Å². The molecule has 0 fully saturated rings. The van der Waals surface area contributed by atoms with Gasteiger partial charge in [-0.15, -0.1) is 0 Å². The maximum absolute atomic E-state index is 5.19. The molecule has 3 heterocycles. The molecule has 0 saturated carbocycles. The van der Waals surface area contributed by atoms with Crippen molar-refractivity contribution in [2.45, 2.75) is 5.41 Å². The molecule has 0 amide bonds. The quantitative estimate of drug-likeness (QED) is 0.184. The fourth-order valence-electron chi connectivity index (χ4n) is 7.34. The summed E-state index contributed by atoms with van der Waals surface area (Å²) in [5.41, 5.74) is 13.8. The van der Waals surface area contributed by atoms with Crippen LogP contribution in [-0.2, 0) is 5.41 Å². The zero-order valence-electron chi connectivity index (χ0n) is 26.6. The predicted octanol–water partition coefficient (Wildman–Crippen LogP) is 10.3. The van der Waals surface area contributed by atoms with Crippen molar-refractivity contribution in [1.82, 2.24) is 19.9 Å². The van der Waals surface area contributed by atoms with Gasteiger partial charge in [-0.2, -0.15) is 0 Å². The Bertz CT molecular complexity index is 2370. The number of nitrogens with zero attached hydrogens (tertiary/aromatic N) is 4. The molecule has 0 aliphatic heterocycles. The lowest BCUT2D eigenvalue weighted by Crippen LogP contribution is -2.28. The van der Waals surface area contributed by atoms with Crippen LogP contribution in [0.15, 0.2) is 183 Å². The minimum Gasteiger partial charge on any atom is -0.264 e. The van der Waals surface area contributed by atoms with E-state index in [-0.39, 0.29) is 0 Å². The molecular formula is C45H30N4. The second-order valence-corrected chi connectivity index (χ2v) is 12.3. The molecule has 0 saturated heterocycles. The molecule has 0 atom stereocenters. The van der Waals surface area contributed by atoms with Crippen molar-refractivity contribution < 1.29 is 0 Å². The molecule has 0 unspecified atom stereocenters. The number of aromatic nitrogens is 4. The average molecular weight is 627 g/mol. The highest BCUT2D eigenvalue weighted by molar-refractivity contribution is 5.88. The van der Waals surface area contributed by atoms with Crippen molar-refractivity contribution in [3.05, 3.63) is 205 Å². The van der Waals surface area contributed by atoms with Crippen molar-refractivity contribution >= 4 is 0 Å². The summed E-state index contributed by atoms with van der Waals surface area (Å²) in [6.07, 6.45) is 7.32. The first-order valence-corrected chi connectivity index (χ1v) is 16.5. The molecule has 1 aliphatic carbocycles. The van der Waals surface area contributed by atoms with Crippen LogP contribution in [0.5, 0.6) is 0 Å². The van der Waals surface area contributed by atoms with Gasteiger partial charge in [-0.1, -0.05) is 127 Å². The first kappa shape index (κ1) is 28.7. The third kappa shape index (κ3) is 4.85. The van der Waals surface area contributed by atoms with E-state index >= 15 is 0 Å². The van der Waals surface area contributed by atoms with Gasteiger partial charge in [-0.05, 0) is 74.8 Å². The minimum atomic E-state index is -0.452. The van der Waals surface area contributed by atoms with E-state index in [1.165, 1.54) is 33.4 Å². The third-order valence-corrected chi connectivity index (χ3v) is 9.58. The summed E-state index contributed by atoms with van der Waals surface area (Å²) in [6.45, 7) is 0. The summed E-state index contributed by atoms with van der Waals surface area (Å²) < 4.78 is 0. The van der Waals surface area contributed by atoms with Crippen LogP contribution < -0.4 is 0 Å². The Labute approximate surface area is 285 Å². The Hall–Kier alpha value is -6.52. The van der Waals surface area contributed by atoms with Gasteiger partial charge in [0.1, 0.15) is 0 Å². The molecule has 5 aromatic carbocycles. The molecule has 3 aromatic heterocycles. The molecule has 0 radical (unpaired) electrons. The second-order valence-electron chi connectivity index (χ2n) is 12.3. The average Bonchev–Trinajstić information content (AvgIpc) is 3.49. The molecule has 9 rings (SSSR count). The zero-order valence-corrected chi connectivity index (χ0v) is 26.6. The number of pyridine rings is 2. The van der Waals surface area contributed by atoms with Crippen LogP contribution in [0.4, 0.5) is 0 Å². The molecule has 49 heavy (non-hydrogen) atoms. The van der Waals surface area contributed by atoms with Crippen LogP contribution in [0.25, 0.3) is 56.2 Å². The van der Waals surface area contributed by atoms with Crippen molar-refractivity contribution in [2.75, 3.05) is 0 Å². The number of benzene rings is 5. The van der Waals surface area contributed by atoms with Crippen molar-refractivity contribution in [1.29, 1.82) is 0 Å². The van der Waals surface area contributed by atoms with Gasteiger partial charge in [0.05, 0.1) is 16.8 Å². The van der Waals surface area contributed by atoms with Gasteiger partial charge in [0, 0.05) is 41.5 Å². The Kier molecular flexibility index (Phi) is 6.98. The first-order valence-electron chi connectivity index (χ1n) is 16.5. The summed E-state index contributed by atoms with van der Waals surface area (Å²) in [6, 6.07) is 55.8. The summed E-state index contributed by atoms with van der Waals surface area (Å²) in [5.74, 6) is 0.671. The van der Waals surface area contributed by atoms with E-state index in [4.69, 9.17) is 9.97 Å². The van der Waals surface area contributed by atoms with E-state index in [1.807, 2.05) is 30.6 Å². The normalized spacial score (nSPS) is 12.7. The largest absolute Gasteiger partial charge is 0.264 e. The lowest BCUT2D eigenvalue weighted by molar-refractivity contribution is 0.768. The molecule has 4 heteroatoms. The Balaban J connectivity index is 1.23. The SMILES string of the molecule is c1ccc(C2(c3ccccc3)c3ccccc3-c3cc(-c4nc(-c5ccc(-c6cccnc6)cc5)cc(-c5cccnc5)n4)ccc32)cc1. The highest BCUT2D eigenvalue weighted by Crippen LogP contribution is 2.56. The van der Waals surface area contributed by atoms with E-state index in [9.17, 15) is 0 Å². The van der Waals surface area contributed by atoms with Crippen molar-refractivity contribution in [3.63, 3.8) is 0 Å². The molecule has 1 aliphatic rings. The lowest BCUT2D eigenvalue weighted by atomic mass is 9.67. The smallest absolute Gasteiger partial charge is 0.160 e. The summed E-state index contributed by atoms with van der Waals surface area (Å²) in [5, 5.41) is 0. The molecule has 0 bridgehead atoms. The van der Waals surface area contributed by atoms with Gasteiger partial charge < -0.3 is 0 Å². The van der Waals surface area contributed by atoms with Gasteiger partial charge >= 0.3 is 0 Å². The van der Waals surface area contributed by atoms with Gasteiger partial charge in [0.25, 0.3) is 0 Å². The highest BCUT2D eigenvalue weighted by Gasteiger charge is 2.46. The van der Waals surface area contributed by atoms with E-state index in [2.05, 4.69) is 149 Å². The van der Waals surface area contributed by atoms with Crippen molar-refractivity contribution in [2.24, 2.45) is 0 Å². The van der Waals surface area contributed by atoms with Crippen LogP contribution in [0.2, 0.25) is 0 Å².